The van der Waals surface area contributed by atoms with Gasteiger partial charge < -0.3 is 15.7 Å². The lowest BCUT2D eigenvalue weighted by Crippen LogP contribution is -2.44. The molecule has 2 amide bonds. The van der Waals surface area contributed by atoms with E-state index in [0.29, 0.717) is 12.3 Å². The van der Waals surface area contributed by atoms with Crippen LogP contribution < -0.4 is 10.6 Å². The third-order valence-corrected chi connectivity index (χ3v) is 3.14. The van der Waals surface area contributed by atoms with E-state index < -0.39 is 17.9 Å². The maximum Gasteiger partial charge on any atom is 0.325 e. The van der Waals surface area contributed by atoms with E-state index in [1.54, 1.807) is 0 Å². The molecule has 1 rings (SSSR count). The predicted molar refractivity (Wildman–Crippen MR) is 64.8 cm³/mol. The fraction of sp³-hybridized carbons (Fsp3) is 0.750. The number of nitrogens with one attached hydrogen (secondary N) is 2. The molecule has 0 spiro atoms. The first-order chi connectivity index (χ1) is 8.49. The predicted octanol–water partition coefficient (Wildman–Crippen LogP) is 0.272. The summed E-state index contributed by atoms with van der Waals surface area (Å²) < 4.78 is 0. The number of amides is 2. The quantitative estimate of drug-likeness (QED) is 0.635. The van der Waals surface area contributed by atoms with Crippen LogP contribution in [0.2, 0.25) is 0 Å². The Morgan fingerprint density at radius 1 is 1.22 bits per heavy atom. The number of carbonyl (C=O) groups excluding carboxylic acids is 2. The van der Waals surface area contributed by atoms with E-state index in [0.717, 1.165) is 12.8 Å². The van der Waals surface area contributed by atoms with Crippen molar-refractivity contribution in [3.8, 4) is 0 Å². The summed E-state index contributed by atoms with van der Waals surface area (Å²) in [5, 5.41) is 13.4. The van der Waals surface area contributed by atoms with E-state index in [-0.39, 0.29) is 12.5 Å². The SMILES string of the molecule is CC(NC(=O)CNC(=O)CC1CCCC1)C(=O)O. The van der Waals surface area contributed by atoms with E-state index in [1.807, 2.05) is 0 Å². The number of rotatable bonds is 6. The van der Waals surface area contributed by atoms with Gasteiger partial charge in [-0.25, -0.2) is 0 Å². The van der Waals surface area contributed by atoms with Gasteiger partial charge in [0, 0.05) is 6.42 Å². The van der Waals surface area contributed by atoms with Crippen LogP contribution in [-0.4, -0.2) is 35.5 Å². The van der Waals surface area contributed by atoms with Gasteiger partial charge in [-0.1, -0.05) is 12.8 Å². The maximum absolute atomic E-state index is 11.5. The van der Waals surface area contributed by atoms with Crippen LogP contribution in [0.1, 0.15) is 39.0 Å². The van der Waals surface area contributed by atoms with Gasteiger partial charge in [-0.3, -0.25) is 14.4 Å². The van der Waals surface area contributed by atoms with Crippen LogP contribution in [0, 0.1) is 5.92 Å². The largest absolute Gasteiger partial charge is 0.480 e. The van der Waals surface area contributed by atoms with Crippen LogP contribution in [0.5, 0.6) is 0 Å². The first-order valence-electron chi connectivity index (χ1n) is 6.28. The van der Waals surface area contributed by atoms with Crippen LogP contribution in [0.25, 0.3) is 0 Å². The molecule has 6 nitrogen and oxygen atoms in total. The van der Waals surface area contributed by atoms with Crippen molar-refractivity contribution >= 4 is 17.8 Å². The minimum Gasteiger partial charge on any atom is -0.480 e. The van der Waals surface area contributed by atoms with E-state index in [4.69, 9.17) is 5.11 Å². The molecule has 1 fully saturated rings. The molecular weight excluding hydrogens is 236 g/mol. The van der Waals surface area contributed by atoms with Gasteiger partial charge in [-0.15, -0.1) is 0 Å². The minimum atomic E-state index is -1.10. The molecule has 1 saturated carbocycles. The zero-order valence-corrected chi connectivity index (χ0v) is 10.6. The van der Waals surface area contributed by atoms with E-state index >= 15 is 0 Å². The standard InChI is InChI=1S/C12H20N2O4/c1-8(12(17)18)14-11(16)7-13-10(15)6-9-4-2-3-5-9/h8-9H,2-7H2,1H3,(H,13,15)(H,14,16)(H,17,18). The Balaban J connectivity index is 2.17. The highest BCUT2D eigenvalue weighted by molar-refractivity contribution is 5.87. The Hall–Kier alpha value is -1.59. The third-order valence-electron chi connectivity index (χ3n) is 3.14. The van der Waals surface area contributed by atoms with Gasteiger partial charge in [-0.05, 0) is 25.7 Å². The molecule has 0 heterocycles. The lowest BCUT2D eigenvalue weighted by Gasteiger charge is -2.11. The fourth-order valence-corrected chi connectivity index (χ4v) is 2.08. The normalized spacial score (nSPS) is 17.2. The second kappa shape index (κ2) is 6.98. The Morgan fingerprint density at radius 3 is 2.39 bits per heavy atom. The van der Waals surface area contributed by atoms with Crippen molar-refractivity contribution in [1.29, 1.82) is 0 Å². The maximum atomic E-state index is 11.5. The van der Waals surface area contributed by atoms with E-state index in [1.165, 1.54) is 19.8 Å². The van der Waals surface area contributed by atoms with Gasteiger partial charge >= 0.3 is 5.97 Å². The highest BCUT2D eigenvalue weighted by Gasteiger charge is 2.19. The topological polar surface area (TPSA) is 95.5 Å². The van der Waals surface area contributed by atoms with Crippen molar-refractivity contribution < 1.29 is 19.5 Å². The van der Waals surface area contributed by atoms with Crippen LogP contribution in [0.4, 0.5) is 0 Å². The first-order valence-corrected chi connectivity index (χ1v) is 6.28. The summed E-state index contributed by atoms with van der Waals surface area (Å²) in [7, 11) is 0. The van der Waals surface area contributed by atoms with Gasteiger partial charge in [-0.2, -0.15) is 0 Å². The number of hydrogen-bond donors (Lipinski definition) is 3. The van der Waals surface area contributed by atoms with Crippen molar-refractivity contribution in [2.75, 3.05) is 6.54 Å². The molecule has 0 radical (unpaired) electrons. The van der Waals surface area contributed by atoms with Crippen LogP contribution in [0.15, 0.2) is 0 Å². The van der Waals surface area contributed by atoms with Gasteiger partial charge in [0.25, 0.3) is 0 Å². The molecule has 0 aliphatic heterocycles. The van der Waals surface area contributed by atoms with E-state index in [2.05, 4.69) is 10.6 Å². The third kappa shape index (κ3) is 5.16. The van der Waals surface area contributed by atoms with Crippen molar-refractivity contribution in [2.24, 2.45) is 5.92 Å². The summed E-state index contributed by atoms with van der Waals surface area (Å²) in [6.07, 6.45) is 4.97. The molecule has 3 N–H and O–H groups in total. The zero-order valence-electron chi connectivity index (χ0n) is 10.6. The van der Waals surface area contributed by atoms with Crippen LogP contribution >= 0.6 is 0 Å². The molecule has 0 saturated heterocycles. The molecule has 0 aromatic heterocycles. The molecule has 1 unspecified atom stereocenters. The molecule has 102 valence electrons. The second-order valence-corrected chi connectivity index (χ2v) is 4.76. The van der Waals surface area contributed by atoms with E-state index in [9.17, 15) is 14.4 Å². The Bertz CT molecular complexity index is 324. The average Bonchev–Trinajstić information content (AvgIpc) is 2.79. The Morgan fingerprint density at radius 2 is 1.83 bits per heavy atom. The smallest absolute Gasteiger partial charge is 0.325 e. The monoisotopic (exact) mass is 256 g/mol. The molecule has 0 aromatic carbocycles. The summed E-state index contributed by atoms with van der Waals surface area (Å²) >= 11 is 0. The lowest BCUT2D eigenvalue weighted by molar-refractivity contribution is -0.141. The highest BCUT2D eigenvalue weighted by Crippen LogP contribution is 2.27. The summed E-state index contributed by atoms with van der Waals surface area (Å²) in [6.45, 7) is 1.21. The fourth-order valence-electron chi connectivity index (χ4n) is 2.08. The summed E-state index contributed by atoms with van der Waals surface area (Å²) in [5.74, 6) is -1.28. The van der Waals surface area contributed by atoms with Crippen LogP contribution in [0.3, 0.4) is 0 Å². The molecule has 1 aliphatic rings. The summed E-state index contributed by atoms with van der Waals surface area (Å²) in [6, 6.07) is -0.941. The molecular formula is C12H20N2O4. The molecule has 1 atom stereocenters. The van der Waals surface area contributed by atoms with Gasteiger partial charge in [0.05, 0.1) is 6.54 Å². The summed E-state index contributed by atoms with van der Waals surface area (Å²) in [5.41, 5.74) is 0. The van der Waals surface area contributed by atoms with Crippen molar-refractivity contribution in [2.45, 2.75) is 45.1 Å². The average molecular weight is 256 g/mol. The minimum absolute atomic E-state index is 0.139. The van der Waals surface area contributed by atoms with Crippen molar-refractivity contribution in [3.05, 3.63) is 0 Å². The Labute approximate surface area is 106 Å². The van der Waals surface area contributed by atoms with Gasteiger partial charge in [0.15, 0.2) is 0 Å². The number of carboxylic acid groups (broad SMARTS) is 1. The van der Waals surface area contributed by atoms with Crippen LogP contribution in [-0.2, 0) is 14.4 Å². The first kappa shape index (κ1) is 14.5. The molecule has 1 aliphatic carbocycles. The zero-order chi connectivity index (χ0) is 13.5. The highest BCUT2D eigenvalue weighted by atomic mass is 16.4. The molecule has 18 heavy (non-hydrogen) atoms. The van der Waals surface area contributed by atoms with Crippen molar-refractivity contribution in [3.63, 3.8) is 0 Å². The second-order valence-electron chi connectivity index (χ2n) is 4.76. The van der Waals surface area contributed by atoms with Gasteiger partial charge in [0.1, 0.15) is 6.04 Å². The number of hydrogen-bond acceptors (Lipinski definition) is 3. The molecule has 0 bridgehead atoms. The summed E-state index contributed by atoms with van der Waals surface area (Å²) in [4.78, 5) is 33.3. The lowest BCUT2D eigenvalue weighted by atomic mass is 10.0. The number of carbonyl (C=O) groups is 3. The molecule has 6 heteroatoms. The van der Waals surface area contributed by atoms with Gasteiger partial charge in [0.2, 0.25) is 11.8 Å². The number of carboxylic acids is 1. The van der Waals surface area contributed by atoms with Crippen molar-refractivity contribution in [1.82, 2.24) is 10.6 Å². The molecule has 0 aromatic rings. The Kier molecular flexibility index (Phi) is 5.61. The number of aliphatic carboxylic acids is 1.